The average Bonchev–Trinajstić information content (AvgIpc) is 3.50. The lowest BCUT2D eigenvalue weighted by molar-refractivity contribution is 0.413. The molecule has 2 aromatic heterocycles. The normalized spacial score (nSPS) is 16.4. The molecule has 3 aromatic carbocycles. The maximum atomic E-state index is 6.53. The smallest absolute Gasteiger partial charge is 0.174 e. The van der Waals surface area contributed by atoms with E-state index in [9.17, 15) is 0 Å². The molecule has 3 heterocycles. The summed E-state index contributed by atoms with van der Waals surface area (Å²) in [5.41, 5.74) is 7.40. The lowest BCUT2D eigenvalue weighted by atomic mass is 9.96. The molecule has 6 rings (SSSR count). The number of methoxy groups -OCH3 is 1. The first-order chi connectivity index (χ1) is 20.4. The Bertz CT molecular complexity index is 1740. The second-order valence-corrected chi connectivity index (χ2v) is 11.1. The highest BCUT2D eigenvalue weighted by molar-refractivity contribution is 7.80. The van der Waals surface area contributed by atoms with Crippen LogP contribution in [0.3, 0.4) is 0 Å². The zero-order valence-corrected chi connectivity index (χ0v) is 25.4. The standard InChI is InChI=1S/C34H31ClN4O2S/c1-21-20-28(23(3)38(21)31-10-7-8-29(35)22(31)2)33-32(30-9-5-6-19-36-30)37-34(42)39(33)24-11-13-26(14-12-24)41-27-17-15-25(40-4)16-18-27/h5-20,32-33H,1-4H3,(H,37,42)/t32-,33+/m0/s1. The van der Waals surface area contributed by atoms with Crippen LogP contribution in [0.4, 0.5) is 5.69 Å². The summed E-state index contributed by atoms with van der Waals surface area (Å²) in [7, 11) is 1.65. The van der Waals surface area contributed by atoms with Crippen molar-refractivity contribution in [1.29, 1.82) is 0 Å². The molecule has 2 atom stereocenters. The number of nitrogens with one attached hydrogen (secondary N) is 1. The summed E-state index contributed by atoms with van der Waals surface area (Å²) in [4.78, 5) is 6.90. The second-order valence-electron chi connectivity index (χ2n) is 10.3. The minimum Gasteiger partial charge on any atom is -0.497 e. The van der Waals surface area contributed by atoms with Gasteiger partial charge in [0.1, 0.15) is 17.2 Å². The lowest BCUT2D eigenvalue weighted by Crippen LogP contribution is -2.29. The SMILES string of the molecule is COc1ccc(Oc2ccc(N3C(=S)N[C@@H](c4ccccn4)[C@H]3c3cc(C)n(-c4cccc(Cl)c4C)c3C)cc2)cc1. The molecule has 8 heteroatoms. The van der Waals surface area contributed by atoms with Crippen molar-refractivity contribution in [3.8, 4) is 22.9 Å². The van der Waals surface area contributed by atoms with Crippen LogP contribution in [0.25, 0.3) is 5.69 Å². The van der Waals surface area contributed by atoms with Crippen molar-refractivity contribution in [2.45, 2.75) is 32.9 Å². The molecule has 0 saturated carbocycles. The minimum atomic E-state index is -0.150. The maximum absolute atomic E-state index is 6.53. The van der Waals surface area contributed by atoms with Crippen LogP contribution in [-0.4, -0.2) is 21.8 Å². The summed E-state index contributed by atoms with van der Waals surface area (Å²) in [6.45, 7) is 6.34. The Labute approximate surface area is 256 Å². The molecule has 5 aromatic rings. The van der Waals surface area contributed by atoms with Gasteiger partial charge in [0.2, 0.25) is 0 Å². The average molecular weight is 595 g/mol. The topological polar surface area (TPSA) is 51.6 Å². The molecule has 212 valence electrons. The molecular formula is C34H31ClN4O2S. The molecule has 1 aliphatic rings. The van der Waals surface area contributed by atoms with E-state index in [4.69, 9.17) is 38.3 Å². The van der Waals surface area contributed by atoms with Gasteiger partial charge in [-0.15, -0.1) is 0 Å². The van der Waals surface area contributed by atoms with Crippen LogP contribution < -0.4 is 19.7 Å². The van der Waals surface area contributed by atoms with Crippen molar-refractivity contribution in [1.82, 2.24) is 14.9 Å². The van der Waals surface area contributed by atoms with Crippen LogP contribution in [-0.2, 0) is 0 Å². The van der Waals surface area contributed by atoms with Crippen LogP contribution in [0, 0.1) is 20.8 Å². The molecule has 1 N–H and O–H groups in total. The Morgan fingerprint density at radius 1 is 0.857 bits per heavy atom. The number of pyridine rings is 1. The highest BCUT2D eigenvalue weighted by Gasteiger charge is 2.42. The van der Waals surface area contributed by atoms with E-state index >= 15 is 0 Å². The number of aromatic nitrogens is 2. The van der Waals surface area contributed by atoms with Gasteiger partial charge in [-0.05, 0) is 123 Å². The molecule has 42 heavy (non-hydrogen) atoms. The van der Waals surface area contributed by atoms with Gasteiger partial charge in [-0.25, -0.2) is 0 Å². The fraction of sp³-hybridized carbons (Fsp3) is 0.176. The predicted octanol–water partition coefficient (Wildman–Crippen LogP) is 8.43. The minimum absolute atomic E-state index is 0.139. The number of anilines is 1. The van der Waals surface area contributed by atoms with Gasteiger partial charge < -0.3 is 24.3 Å². The molecule has 1 aliphatic heterocycles. The number of benzene rings is 3. The Morgan fingerprint density at radius 3 is 2.21 bits per heavy atom. The molecule has 0 amide bonds. The maximum Gasteiger partial charge on any atom is 0.174 e. The number of hydrogen-bond acceptors (Lipinski definition) is 4. The summed E-state index contributed by atoms with van der Waals surface area (Å²) < 4.78 is 13.6. The quantitative estimate of drug-likeness (QED) is 0.191. The van der Waals surface area contributed by atoms with Crippen LogP contribution in [0.5, 0.6) is 17.2 Å². The molecule has 1 fully saturated rings. The van der Waals surface area contributed by atoms with Crippen molar-refractivity contribution in [2.24, 2.45) is 0 Å². The number of thiocarbonyl (C=S) groups is 1. The summed E-state index contributed by atoms with van der Waals surface area (Å²) in [5.74, 6) is 2.25. The monoisotopic (exact) mass is 594 g/mol. The summed E-state index contributed by atoms with van der Waals surface area (Å²) >= 11 is 12.5. The first-order valence-electron chi connectivity index (χ1n) is 13.7. The van der Waals surface area contributed by atoms with Crippen LogP contribution in [0.15, 0.2) is 97.2 Å². The van der Waals surface area contributed by atoms with Crippen molar-refractivity contribution in [3.63, 3.8) is 0 Å². The van der Waals surface area contributed by atoms with Gasteiger partial charge in [-0.2, -0.15) is 0 Å². The van der Waals surface area contributed by atoms with E-state index in [1.54, 1.807) is 7.11 Å². The molecule has 6 nitrogen and oxygen atoms in total. The first-order valence-corrected chi connectivity index (χ1v) is 14.5. The Morgan fingerprint density at radius 2 is 1.55 bits per heavy atom. The van der Waals surface area contributed by atoms with E-state index in [0.717, 1.165) is 61.9 Å². The van der Waals surface area contributed by atoms with Crippen LogP contribution in [0.1, 0.15) is 40.3 Å². The van der Waals surface area contributed by atoms with Crippen LogP contribution in [0.2, 0.25) is 5.02 Å². The highest BCUT2D eigenvalue weighted by atomic mass is 35.5. The van der Waals surface area contributed by atoms with E-state index in [0.29, 0.717) is 5.11 Å². The lowest BCUT2D eigenvalue weighted by Gasteiger charge is -2.28. The Hall–Kier alpha value is -4.33. The van der Waals surface area contributed by atoms with Gasteiger partial charge in [0.15, 0.2) is 5.11 Å². The molecule has 0 radical (unpaired) electrons. The molecule has 0 bridgehead atoms. The molecule has 0 aliphatic carbocycles. The van der Waals surface area contributed by atoms with E-state index in [1.807, 2.05) is 85.1 Å². The molecule has 1 saturated heterocycles. The molecule has 0 unspecified atom stereocenters. The fourth-order valence-corrected chi connectivity index (χ4v) is 6.22. The predicted molar refractivity (Wildman–Crippen MR) is 172 cm³/mol. The molecule has 0 spiro atoms. The van der Waals surface area contributed by atoms with E-state index in [2.05, 4.69) is 47.7 Å². The Balaban J connectivity index is 1.40. The van der Waals surface area contributed by atoms with E-state index in [1.165, 1.54) is 0 Å². The number of hydrogen-bond donors (Lipinski definition) is 1. The highest BCUT2D eigenvalue weighted by Crippen LogP contribution is 2.44. The van der Waals surface area contributed by atoms with Crippen molar-refractivity contribution >= 4 is 34.6 Å². The largest absolute Gasteiger partial charge is 0.497 e. The summed E-state index contributed by atoms with van der Waals surface area (Å²) in [6, 6.07) is 29.5. The molecular weight excluding hydrogens is 564 g/mol. The van der Waals surface area contributed by atoms with E-state index in [-0.39, 0.29) is 12.1 Å². The van der Waals surface area contributed by atoms with Gasteiger partial charge in [0.25, 0.3) is 0 Å². The van der Waals surface area contributed by atoms with E-state index < -0.39 is 0 Å². The van der Waals surface area contributed by atoms with Gasteiger partial charge in [0.05, 0.1) is 24.9 Å². The van der Waals surface area contributed by atoms with Gasteiger partial charge in [-0.3, -0.25) is 4.98 Å². The summed E-state index contributed by atoms with van der Waals surface area (Å²) in [5, 5.41) is 4.96. The van der Waals surface area contributed by atoms with Crippen molar-refractivity contribution in [2.75, 3.05) is 12.0 Å². The number of nitrogens with zero attached hydrogens (tertiary/aromatic N) is 3. The zero-order valence-electron chi connectivity index (χ0n) is 23.8. The van der Waals surface area contributed by atoms with Gasteiger partial charge in [0, 0.05) is 34.0 Å². The number of ether oxygens (including phenoxy) is 2. The third kappa shape index (κ3) is 5.10. The third-order valence-corrected chi connectivity index (χ3v) is 8.50. The second kappa shape index (κ2) is 11.5. The zero-order chi connectivity index (χ0) is 29.4. The van der Waals surface area contributed by atoms with Crippen molar-refractivity contribution in [3.05, 3.63) is 130 Å². The number of halogens is 1. The summed E-state index contributed by atoms with van der Waals surface area (Å²) in [6.07, 6.45) is 1.82. The van der Waals surface area contributed by atoms with Crippen LogP contribution >= 0.6 is 23.8 Å². The fourth-order valence-electron chi connectivity index (χ4n) is 5.70. The number of rotatable bonds is 7. The van der Waals surface area contributed by atoms with Crippen molar-refractivity contribution < 1.29 is 9.47 Å². The first kappa shape index (κ1) is 27.8. The number of aryl methyl sites for hydroxylation is 1. The van der Waals surface area contributed by atoms with Gasteiger partial charge >= 0.3 is 0 Å². The van der Waals surface area contributed by atoms with Gasteiger partial charge in [-0.1, -0.05) is 23.7 Å². The third-order valence-electron chi connectivity index (χ3n) is 7.78. The Kier molecular flexibility index (Phi) is 7.62.